The summed E-state index contributed by atoms with van der Waals surface area (Å²) in [5, 5.41) is 10.6. The number of aromatic amines is 1. The quantitative estimate of drug-likeness (QED) is 0.499. The number of hydrogen-bond acceptors (Lipinski definition) is 5. The van der Waals surface area contributed by atoms with Gasteiger partial charge in [-0.05, 0) is 15.9 Å². The molecule has 0 radical (unpaired) electrons. The summed E-state index contributed by atoms with van der Waals surface area (Å²) in [6.45, 7) is 0.360. The van der Waals surface area contributed by atoms with E-state index in [1.165, 1.54) is 12.6 Å². The van der Waals surface area contributed by atoms with Crippen molar-refractivity contribution in [1.82, 2.24) is 19.1 Å². The molecule has 25 heavy (non-hydrogen) atoms. The molecule has 0 bridgehead atoms. The number of fused-ring (bicyclic) bond motifs is 1. The molecule has 132 valence electrons. The van der Waals surface area contributed by atoms with Gasteiger partial charge in [0.25, 0.3) is 5.56 Å². The zero-order chi connectivity index (χ0) is 18.6. The van der Waals surface area contributed by atoms with Crippen LogP contribution in [0.4, 0.5) is 0 Å². The number of rotatable bonds is 3. The normalized spacial score (nSPS) is 10.4. The maximum absolute atomic E-state index is 11.6. The number of carbonyl (C=O) groups is 1. The molecule has 0 saturated heterocycles. The van der Waals surface area contributed by atoms with Gasteiger partial charge in [0, 0.05) is 12.6 Å². The second-order valence-electron chi connectivity index (χ2n) is 5.07. The minimum Gasteiger partial charge on any atom is -0.548 e. The van der Waals surface area contributed by atoms with Crippen molar-refractivity contribution < 1.29 is 15.6 Å². The van der Waals surface area contributed by atoms with Crippen molar-refractivity contribution in [1.29, 1.82) is 0 Å². The van der Waals surface area contributed by atoms with Gasteiger partial charge in [-0.2, -0.15) is 0 Å². The molecule has 2 aromatic heterocycles. The van der Waals surface area contributed by atoms with Crippen LogP contribution in [-0.4, -0.2) is 25.1 Å². The smallest absolute Gasteiger partial charge is 0.329 e. The average molecular weight is 410 g/mol. The van der Waals surface area contributed by atoms with E-state index in [0.717, 1.165) is 15.7 Å². The van der Waals surface area contributed by atoms with Crippen molar-refractivity contribution in [2.75, 3.05) is 0 Å². The molecule has 0 amide bonds. The number of nitrogens with zero attached hydrogens (tertiary/aromatic N) is 3. The number of H-pyrrole nitrogens is 1. The van der Waals surface area contributed by atoms with Gasteiger partial charge in [-0.1, -0.05) is 30.3 Å². The first-order valence-corrected chi connectivity index (χ1v) is 8.02. The summed E-state index contributed by atoms with van der Waals surface area (Å²) in [5.41, 5.74) is 3.85. The van der Waals surface area contributed by atoms with Crippen LogP contribution in [0.2, 0.25) is 0 Å². The summed E-state index contributed by atoms with van der Waals surface area (Å²) >= 11 is 3.02. The minimum atomic E-state index is -1.36. The van der Waals surface area contributed by atoms with Crippen molar-refractivity contribution in [3.8, 4) is 0 Å². The molecule has 0 saturated carbocycles. The molecule has 0 spiro atoms. The maximum atomic E-state index is 11.6. The Morgan fingerprint density at radius 3 is 2.48 bits per heavy atom. The van der Waals surface area contributed by atoms with Crippen LogP contribution in [-0.2, 0) is 24.9 Å². The van der Waals surface area contributed by atoms with Crippen molar-refractivity contribution in [3.63, 3.8) is 0 Å². The largest absolute Gasteiger partial charge is 0.548 e. The van der Waals surface area contributed by atoms with Crippen LogP contribution in [0.3, 0.4) is 0 Å². The minimum absolute atomic E-state index is 0.00294. The van der Waals surface area contributed by atoms with E-state index in [9.17, 15) is 19.5 Å². The predicted octanol–water partition coefficient (Wildman–Crippen LogP) is -1.64. The number of imidazole rings is 1. The Hall–Kier alpha value is -2.72. The molecule has 0 atom stereocenters. The third-order valence-corrected chi connectivity index (χ3v) is 3.98. The first-order chi connectivity index (χ1) is 11.8. The summed E-state index contributed by atoms with van der Waals surface area (Å²) in [4.78, 5) is 39.5. The molecule has 0 aliphatic carbocycles. The lowest BCUT2D eigenvalue weighted by Gasteiger charge is -2.05. The Morgan fingerprint density at radius 2 is 1.96 bits per heavy atom. The van der Waals surface area contributed by atoms with E-state index in [1.54, 1.807) is 0 Å². The van der Waals surface area contributed by atoms with Crippen LogP contribution in [0.25, 0.3) is 11.2 Å². The zero-order valence-electron chi connectivity index (χ0n) is 13.4. The summed E-state index contributed by atoms with van der Waals surface area (Å²) in [7, 11) is 1.42. The molecule has 0 fully saturated rings. The Morgan fingerprint density at radius 1 is 1.32 bits per heavy atom. The number of aromatic nitrogens is 4. The van der Waals surface area contributed by atoms with Crippen molar-refractivity contribution in [3.05, 3.63) is 61.5 Å². The lowest BCUT2D eigenvalue weighted by molar-refractivity contribution is -0.386. The van der Waals surface area contributed by atoms with Gasteiger partial charge < -0.3 is 20.2 Å². The van der Waals surface area contributed by atoms with E-state index in [2.05, 4.69) is 43.8 Å². The molecular weight excluding hydrogens is 394 g/mol. The molecule has 0 aliphatic rings. The molecular formula is C15H16BrN5O4. The van der Waals surface area contributed by atoms with Crippen LogP contribution in [0.5, 0.6) is 0 Å². The number of carbonyl (C=O) groups excluding carboxylic acids is 1. The summed E-state index contributed by atoms with van der Waals surface area (Å²) in [6, 6.07) is 10.2. The topological polar surface area (TPSA) is 140 Å². The lowest BCUT2D eigenvalue weighted by Crippen LogP contribution is -2.47. The second kappa shape index (κ2) is 7.90. The zero-order valence-corrected chi connectivity index (χ0v) is 14.9. The average Bonchev–Trinajstić information content (AvgIpc) is 2.91. The SMILES string of the molecule is Cn1c(=O)[nH]c(=O)c2c1nc(Br)n2CC(=O)[O-].[NH3+]Cc1ccccc1. The van der Waals surface area contributed by atoms with Crippen LogP contribution < -0.4 is 22.1 Å². The Labute approximate surface area is 149 Å². The molecule has 10 heteroatoms. The fourth-order valence-corrected chi connectivity index (χ4v) is 2.60. The van der Waals surface area contributed by atoms with Gasteiger partial charge in [0.1, 0.15) is 0 Å². The summed E-state index contributed by atoms with van der Waals surface area (Å²) < 4.78 is 2.37. The molecule has 3 aromatic rings. The first kappa shape index (κ1) is 18.6. The van der Waals surface area contributed by atoms with Gasteiger partial charge in [0.05, 0.1) is 19.1 Å². The van der Waals surface area contributed by atoms with Crippen LogP contribution >= 0.6 is 15.9 Å². The number of carboxylic acid groups (broad SMARTS) is 1. The second-order valence-corrected chi connectivity index (χ2v) is 5.77. The number of aryl methyl sites for hydroxylation is 1. The number of carboxylic acids is 1. The van der Waals surface area contributed by atoms with Gasteiger partial charge in [-0.25, -0.2) is 9.78 Å². The highest BCUT2D eigenvalue weighted by Gasteiger charge is 2.15. The molecule has 0 unspecified atom stereocenters. The number of nitrogens with one attached hydrogen (secondary N) is 1. The molecule has 0 aliphatic heterocycles. The highest BCUT2D eigenvalue weighted by Crippen LogP contribution is 2.15. The predicted molar refractivity (Wildman–Crippen MR) is 91.3 cm³/mol. The highest BCUT2D eigenvalue weighted by atomic mass is 79.9. The lowest BCUT2D eigenvalue weighted by atomic mass is 10.2. The van der Waals surface area contributed by atoms with E-state index in [4.69, 9.17) is 0 Å². The fourth-order valence-electron chi connectivity index (χ4n) is 2.13. The summed E-state index contributed by atoms with van der Waals surface area (Å²) in [5.74, 6) is -1.36. The number of quaternary nitrogens is 1. The number of aliphatic carboxylic acids is 1. The van der Waals surface area contributed by atoms with Gasteiger partial charge in [0.15, 0.2) is 15.9 Å². The van der Waals surface area contributed by atoms with E-state index in [-0.39, 0.29) is 15.9 Å². The Bertz CT molecular complexity index is 1010. The van der Waals surface area contributed by atoms with Gasteiger partial charge >= 0.3 is 5.69 Å². The van der Waals surface area contributed by atoms with Crippen LogP contribution in [0.15, 0.2) is 44.7 Å². The van der Waals surface area contributed by atoms with E-state index < -0.39 is 23.8 Å². The van der Waals surface area contributed by atoms with E-state index in [1.807, 2.05) is 18.2 Å². The van der Waals surface area contributed by atoms with Crippen LogP contribution in [0, 0.1) is 0 Å². The first-order valence-electron chi connectivity index (χ1n) is 7.23. The van der Waals surface area contributed by atoms with Gasteiger partial charge in [-0.15, -0.1) is 0 Å². The standard InChI is InChI=1S/C8H7BrN4O4.C7H9N/c1-12-5-4(6(16)11-8(12)17)13(2-3(14)15)7(9)10-5;8-6-7-4-2-1-3-5-7/h2H2,1H3,(H,14,15)(H,11,16,17);1-5H,6,8H2. The van der Waals surface area contributed by atoms with Crippen molar-refractivity contribution in [2.24, 2.45) is 7.05 Å². The molecule has 1 aromatic carbocycles. The fraction of sp³-hybridized carbons (Fsp3) is 0.200. The van der Waals surface area contributed by atoms with Gasteiger partial charge in [0.2, 0.25) is 0 Å². The number of hydrogen-bond donors (Lipinski definition) is 2. The van der Waals surface area contributed by atoms with Crippen LogP contribution in [0.1, 0.15) is 5.56 Å². The van der Waals surface area contributed by atoms with Crippen molar-refractivity contribution >= 4 is 33.1 Å². The molecule has 9 nitrogen and oxygen atoms in total. The van der Waals surface area contributed by atoms with Gasteiger partial charge in [-0.3, -0.25) is 14.3 Å². The highest BCUT2D eigenvalue weighted by molar-refractivity contribution is 9.10. The van der Waals surface area contributed by atoms with E-state index in [0.29, 0.717) is 0 Å². The van der Waals surface area contributed by atoms with Crippen molar-refractivity contribution in [2.45, 2.75) is 13.1 Å². The monoisotopic (exact) mass is 409 g/mol. The van der Waals surface area contributed by atoms with E-state index >= 15 is 0 Å². The Balaban J connectivity index is 0.000000236. The Kier molecular flexibility index (Phi) is 5.88. The third kappa shape index (κ3) is 4.22. The third-order valence-electron chi connectivity index (χ3n) is 3.38. The number of benzene rings is 1. The molecule has 3 rings (SSSR count). The number of halogens is 1. The molecule has 2 heterocycles. The maximum Gasteiger partial charge on any atom is 0.329 e. The summed E-state index contributed by atoms with van der Waals surface area (Å²) in [6.07, 6.45) is 0. The molecule has 4 N–H and O–H groups in total.